The van der Waals surface area contributed by atoms with Gasteiger partial charge in [0.1, 0.15) is 11.1 Å². The molecule has 0 aliphatic heterocycles. The van der Waals surface area contributed by atoms with Crippen LogP contribution in [0.2, 0.25) is 0 Å². The first kappa shape index (κ1) is 15.1. The van der Waals surface area contributed by atoms with Crippen molar-refractivity contribution in [1.29, 1.82) is 5.26 Å². The molecule has 0 saturated heterocycles. The number of anilines is 1. The predicted octanol–water partition coefficient (Wildman–Crippen LogP) is 3.30. The first-order valence-electron chi connectivity index (χ1n) is 6.45. The van der Waals surface area contributed by atoms with Gasteiger partial charge in [-0.05, 0) is 49.2 Å². The molecule has 1 heterocycles. The largest absolute Gasteiger partial charge is 0.325 e. The number of pyridine rings is 1. The summed E-state index contributed by atoms with van der Waals surface area (Å²) in [5.41, 5.74) is 3.60. The number of aryl methyl sites for hydroxylation is 2. The predicted molar refractivity (Wildman–Crippen MR) is 84.2 cm³/mol. The summed E-state index contributed by atoms with van der Waals surface area (Å²) >= 11 is 1.26. The van der Waals surface area contributed by atoms with Gasteiger partial charge in [0.15, 0.2) is 0 Å². The van der Waals surface area contributed by atoms with E-state index < -0.39 is 0 Å². The summed E-state index contributed by atoms with van der Waals surface area (Å²) in [6, 6.07) is 11.3. The van der Waals surface area contributed by atoms with E-state index in [1.54, 1.807) is 18.3 Å². The molecule has 0 spiro atoms. The van der Waals surface area contributed by atoms with Gasteiger partial charge in [-0.2, -0.15) is 5.26 Å². The van der Waals surface area contributed by atoms with Crippen LogP contribution in [0.3, 0.4) is 0 Å². The summed E-state index contributed by atoms with van der Waals surface area (Å²) < 4.78 is 0. The topological polar surface area (TPSA) is 65.8 Å². The highest BCUT2D eigenvalue weighted by molar-refractivity contribution is 8.00. The van der Waals surface area contributed by atoms with Crippen molar-refractivity contribution >= 4 is 23.4 Å². The third-order valence-electron chi connectivity index (χ3n) is 3.02. The number of hydrogen-bond donors (Lipinski definition) is 1. The Labute approximate surface area is 128 Å². The van der Waals surface area contributed by atoms with Gasteiger partial charge in [-0.3, -0.25) is 4.79 Å². The summed E-state index contributed by atoms with van der Waals surface area (Å²) in [5, 5.41) is 12.4. The van der Waals surface area contributed by atoms with Crippen LogP contribution in [-0.2, 0) is 4.79 Å². The number of rotatable bonds is 4. The van der Waals surface area contributed by atoms with Crippen molar-refractivity contribution in [3.05, 3.63) is 53.2 Å². The van der Waals surface area contributed by atoms with Crippen LogP contribution in [0.15, 0.2) is 41.6 Å². The maximum absolute atomic E-state index is 11.9. The number of aromatic nitrogens is 1. The van der Waals surface area contributed by atoms with Gasteiger partial charge in [0, 0.05) is 11.9 Å². The van der Waals surface area contributed by atoms with Gasteiger partial charge in [-0.1, -0.05) is 17.8 Å². The molecule has 2 rings (SSSR count). The van der Waals surface area contributed by atoms with E-state index in [0.717, 1.165) is 11.3 Å². The smallest absolute Gasteiger partial charge is 0.234 e. The first-order valence-corrected chi connectivity index (χ1v) is 7.43. The van der Waals surface area contributed by atoms with Crippen molar-refractivity contribution in [1.82, 2.24) is 4.98 Å². The number of nitrogens with zero attached hydrogens (tertiary/aromatic N) is 2. The zero-order valence-electron chi connectivity index (χ0n) is 11.9. The van der Waals surface area contributed by atoms with E-state index >= 15 is 0 Å². The average molecular weight is 297 g/mol. The monoisotopic (exact) mass is 297 g/mol. The fourth-order valence-corrected chi connectivity index (χ4v) is 2.49. The minimum absolute atomic E-state index is 0.113. The Hall–Kier alpha value is -2.32. The third kappa shape index (κ3) is 4.07. The van der Waals surface area contributed by atoms with E-state index in [-0.39, 0.29) is 11.7 Å². The minimum atomic E-state index is -0.113. The third-order valence-corrected chi connectivity index (χ3v) is 4.03. The summed E-state index contributed by atoms with van der Waals surface area (Å²) in [5.74, 6) is 0.108. The Bertz CT molecular complexity index is 707. The second kappa shape index (κ2) is 6.91. The van der Waals surface area contributed by atoms with Gasteiger partial charge in [0.05, 0.1) is 11.3 Å². The molecule has 0 aliphatic carbocycles. The second-order valence-corrected chi connectivity index (χ2v) is 5.57. The van der Waals surface area contributed by atoms with E-state index in [1.807, 2.05) is 32.0 Å². The number of amides is 1. The van der Waals surface area contributed by atoms with Gasteiger partial charge in [0.25, 0.3) is 0 Å². The molecule has 0 unspecified atom stereocenters. The van der Waals surface area contributed by atoms with Crippen LogP contribution in [0.1, 0.15) is 16.7 Å². The fraction of sp³-hybridized carbons (Fsp3) is 0.188. The zero-order chi connectivity index (χ0) is 15.2. The molecule has 21 heavy (non-hydrogen) atoms. The molecule has 0 saturated carbocycles. The van der Waals surface area contributed by atoms with Gasteiger partial charge in [-0.15, -0.1) is 0 Å². The lowest BCUT2D eigenvalue weighted by Gasteiger charge is -2.07. The van der Waals surface area contributed by atoms with E-state index in [1.165, 1.54) is 17.3 Å². The van der Waals surface area contributed by atoms with Crippen LogP contribution in [0.25, 0.3) is 0 Å². The Morgan fingerprint density at radius 3 is 2.86 bits per heavy atom. The molecule has 0 aliphatic rings. The van der Waals surface area contributed by atoms with Crippen LogP contribution in [0.4, 0.5) is 5.69 Å². The Morgan fingerprint density at radius 2 is 2.14 bits per heavy atom. The molecule has 1 aromatic carbocycles. The number of hydrogen-bond acceptors (Lipinski definition) is 4. The normalized spacial score (nSPS) is 9.95. The number of thioether (sulfide) groups is 1. The molecular weight excluding hydrogens is 282 g/mol. The van der Waals surface area contributed by atoms with Gasteiger partial charge in [0.2, 0.25) is 5.91 Å². The molecule has 106 valence electrons. The summed E-state index contributed by atoms with van der Waals surface area (Å²) in [6.07, 6.45) is 1.62. The minimum Gasteiger partial charge on any atom is -0.325 e. The number of carbonyl (C=O) groups is 1. The lowest BCUT2D eigenvalue weighted by Crippen LogP contribution is -2.14. The molecule has 0 atom stereocenters. The quantitative estimate of drug-likeness (QED) is 0.879. The number of nitriles is 1. The summed E-state index contributed by atoms with van der Waals surface area (Å²) in [7, 11) is 0. The maximum atomic E-state index is 11.9. The Balaban J connectivity index is 1.96. The van der Waals surface area contributed by atoms with Crippen molar-refractivity contribution in [2.45, 2.75) is 18.9 Å². The highest BCUT2D eigenvalue weighted by Gasteiger charge is 2.08. The zero-order valence-corrected chi connectivity index (χ0v) is 12.7. The van der Waals surface area contributed by atoms with Gasteiger partial charge >= 0.3 is 0 Å². The molecule has 4 nitrogen and oxygen atoms in total. The SMILES string of the molecule is Cc1ccc(NC(=O)CSc2ncccc2C#N)cc1C. The number of nitrogens with one attached hydrogen (secondary N) is 1. The van der Waals surface area contributed by atoms with Crippen molar-refractivity contribution in [2.24, 2.45) is 0 Å². The molecule has 0 radical (unpaired) electrons. The van der Waals surface area contributed by atoms with E-state index in [2.05, 4.69) is 16.4 Å². The lowest BCUT2D eigenvalue weighted by atomic mass is 10.1. The van der Waals surface area contributed by atoms with Crippen molar-refractivity contribution < 1.29 is 4.79 Å². The van der Waals surface area contributed by atoms with E-state index in [0.29, 0.717) is 10.6 Å². The summed E-state index contributed by atoms with van der Waals surface area (Å²) in [4.78, 5) is 16.1. The standard InChI is InChI=1S/C16H15N3OS/c1-11-5-6-14(8-12(11)2)19-15(20)10-21-16-13(9-17)4-3-7-18-16/h3-8H,10H2,1-2H3,(H,19,20). The second-order valence-electron chi connectivity index (χ2n) is 4.60. The van der Waals surface area contributed by atoms with Gasteiger partial charge < -0.3 is 5.32 Å². The first-order chi connectivity index (χ1) is 10.1. The van der Waals surface area contributed by atoms with Gasteiger partial charge in [-0.25, -0.2) is 4.98 Å². The van der Waals surface area contributed by atoms with Crippen LogP contribution in [-0.4, -0.2) is 16.6 Å². The van der Waals surface area contributed by atoms with Crippen molar-refractivity contribution in [3.63, 3.8) is 0 Å². The number of carbonyl (C=O) groups excluding carboxylic acids is 1. The van der Waals surface area contributed by atoms with E-state index in [4.69, 9.17) is 5.26 Å². The van der Waals surface area contributed by atoms with Crippen LogP contribution >= 0.6 is 11.8 Å². The van der Waals surface area contributed by atoms with Crippen molar-refractivity contribution in [3.8, 4) is 6.07 Å². The van der Waals surface area contributed by atoms with Crippen LogP contribution in [0.5, 0.6) is 0 Å². The lowest BCUT2D eigenvalue weighted by molar-refractivity contribution is -0.113. The maximum Gasteiger partial charge on any atom is 0.234 e. The van der Waals surface area contributed by atoms with Crippen LogP contribution in [0, 0.1) is 25.2 Å². The summed E-state index contributed by atoms with van der Waals surface area (Å²) in [6.45, 7) is 4.04. The molecule has 5 heteroatoms. The molecular formula is C16H15N3OS. The molecule has 1 N–H and O–H groups in total. The highest BCUT2D eigenvalue weighted by atomic mass is 32.2. The molecule has 0 fully saturated rings. The molecule has 1 aromatic heterocycles. The fourth-order valence-electron chi connectivity index (χ4n) is 1.74. The Kier molecular flexibility index (Phi) is 4.96. The number of benzene rings is 1. The highest BCUT2D eigenvalue weighted by Crippen LogP contribution is 2.20. The van der Waals surface area contributed by atoms with Crippen LogP contribution < -0.4 is 5.32 Å². The molecule has 0 bridgehead atoms. The van der Waals surface area contributed by atoms with Crippen molar-refractivity contribution in [2.75, 3.05) is 11.1 Å². The Morgan fingerprint density at radius 1 is 1.33 bits per heavy atom. The molecule has 2 aromatic rings. The average Bonchev–Trinajstić information content (AvgIpc) is 2.49. The van der Waals surface area contributed by atoms with E-state index in [9.17, 15) is 4.79 Å². The molecule has 1 amide bonds.